The van der Waals surface area contributed by atoms with Crippen LogP contribution in [0.3, 0.4) is 0 Å². The molecule has 9 heteroatoms. The average Bonchev–Trinajstić information content (AvgIpc) is 2.85. The van der Waals surface area contributed by atoms with Gasteiger partial charge < -0.3 is 5.32 Å². The van der Waals surface area contributed by atoms with E-state index in [1.54, 1.807) is 6.07 Å². The third-order valence-corrected chi connectivity index (χ3v) is 4.28. The molecule has 21 heavy (non-hydrogen) atoms. The number of nitrogens with zero attached hydrogens (tertiary/aromatic N) is 2. The average molecular weight is 322 g/mol. The largest absolute Gasteiger partial charge is 0.326 e. The van der Waals surface area contributed by atoms with Crippen molar-refractivity contribution in [3.63, 3.8) is 0 Å². The van der Waals surface area contributed by atoms with Crippen LogP contribution in [0.15, 0.2) is 28.5 Å². The highest BCUT2D eigenvalue weighted by molar-refractivity contribution is 7.89. The molecule has 2 aromatic rings. The van der Waals surface area contributed by atoms with Crippen LogP contribution in [0, 0.1) is 11.3 Å². The third-order valence-electron chi connectivity index (χ3n) is 2.46. The van der Waals surface area contributed by atoms with Crippen LogP contribution >= 0.6 is 11.3 Å². The first-order valence-corrected chi connectivity index (χ1v) is 8.04. The number of primary sulfonamides is 1. The van der Waals surface area contributed by atoms with Crippen molar-refractivity contribution in [1.29, 1.82) is 5.26 Å². The first-order valence-electron chi connectivity index (χ1n) is 5.61. The number of hydrogen-bond donors (Lipinski definition) is 2. The monoisotopic (exact) mass is 322 g/mol. The number of benzene rings is 1. The molecule has 0 unspecified atom stereocenters. The SMILES string of the molecule is CC(=O)Nc1ccc(-c2nc(C#N)cs2)c(S(N)(=O)=O)c1. The van der Waals surface area contributed by atoms with Gasteiger partial charge in [-0.05, 0) is 18.2 Å². The summed E-state index contributed by atoms with van der Waals surface area (Å²) in [7, 11) is -4.00. The fourth-order valence-corrected chi connectivity index (χ4v) is 3.28. The number of nitrogens with one attached hydrogen (secondary N) is 1. The number of nitrogens with two attached hydrogens (primary N) is 1. The van der Waals surface area contributed by atoms with Gasteiger partial charge in [0.1, 0.15) is 11.1 Å². The highest BCUT2D eigenvalue weighted by Gasteiger charge is 2.18. The van der Waals surface area contributed by atoms with Gasteiger partial charge in [0.25, 0.3) is 0 Å². The lowest BCUT2D eigenvalue weighted by Crippen LogP contribution is -2.14. The molecule has 0 aliphatic heterocycles. The molecule has 0 aliphatic carbocycles. The molecule has 0 bridgehead atoms. The Morgan fingerprint density at radius 3 is 2.71 bits per heavy atom. The molecule has 0 saturated carbocycles. The summed E-state index contributed by atoms with van der Waals surface area (Å²) >= 11 is 1.14. The van der Waals surface area contributed by atoms with Gasteiger partial charge in [-0.3, -0.25) is 4.79 Å². The van der Waals surface area contributed by atoms with E-state index in [9.17, 15) is 13.2 Å². The van der Waals surface area contributed by atoms with Gasteiger partial charge in [-0.2, -0.15) is 5.26 Å². The summed E-state index contributed by atoms with van der Waals surface area (Å²) in [5.41, 5.74) is 0.798. The minimum Gasteiger partial charge on any atom is -0.326 e. The predicted molar refractivity (Wildman–Crippen MR) is 77.9 cm³/mol. The Kier molecular flexibility index (Phi) is 4.04. The highest BCUT2D eigenvalue weighted by atomic mass is 32.2. The maximum Gasteiger partial charge on any atom is 0.238 e. The number of hydrogen-bond acceptors (Lipinski definition) is 6. The van der Waals surface area contributed by atoms with Crippen molar-refractivity contribution in [2.24, 2.45) is 5.14 Å². The summed E-state index contributed by atoms with van der Waals surface area (Å²) in [4.78, 5) is 14.9. The van der Waals surface area contributed by atoms with Gasteiger partial charge in [0, 0.05) is 23.6 Å². The molecule has 0 radical (unpaired) electrons. The summed E-state index contributed by atoms with van der Waals surface area (Å²) in [6.45, 7) is 1.31. The topological polar surface area (TPSA) is 126 Å². The normalized spacial score (nSPS) is 10.9. The number of carbonyl (C=O) groups excluding carboxylic acids is 1. The summed E-state index contributed by atoms with van der Waals surface area (Å²) in [6, 6.07) is 6.17. The van der Waals surface area contributed by atoms with E-state index >= 15 is 0 Å². The van der Waals surface area contributed by atoms with E-state index < -0.39 is 10.0 Å². The highest BCUT2D eigenvalue weighted by Crippen LogP contribution is 2.31. The molecule has 2 rings (SSSR count). The van der Waals surface area contributed by atoms with E-state index in [0.717, 1.165) is 11.3 Å². The molecule has 0 atom stereocenters. The molecule has 0 saturated heterocycles. The molecule has 0 spiro atoms. The lowest BCUT2D eigenvalue weighted by Gasteiger charge is -2.08. The summed E-state index contributed by atoms with van der Waals surface area (Å²) in [5, 5.41) is 18.3. The molecule has 0 fully saturated rings. The molecular weight excluding hydrogens is 312 g/mol. The zero-order valence-corrected chi connectivity index (χ0v) is 12.5. The number of rotatable bonds is 3. The quantitative estimate of drug-likeness (QED) is 0.880. The van der Waals surface area contributed by atoms with Crippen molar-refractivity contribution >= 4 is 33.0 Å². The zero-order chi connectivity index (χ0) is 15.6. The maximum atomic E-state index is 11.7. The number of carbonyl (C=O) groups is 1. The number of sulfonamides is 1. The van der Waals surface area contributed by atoms with Crippen LogP contribution in [-0.2, 0) is 14.8 Å². The van der Waals surface area contributed by atoms with Crippen LogP contribution < -0.4 is 10.5 Å². The van der Waals surface area contributed by atoms with Crippen LogP contribution in [0.1, 0.15) is 12.6 Å². The Morgan fingerprint density at radius 1 is 1.48 bits per heavy atom. The standard InChI is InChI=1S/C12H10N4O3S2/c1-7(17)15-8-2-3-10(11(4-8)21(14,18)19)12-16-9(5-13)6-20-12/h2-4,6H,1H3,(H,15,17)(H2,14,18,19). The van der Waals surface area contributed by atoms with Gasteiger partial charge in [0.05, 0.1) is 4.90 Å². The molecule has 1 amide bonds. The molecule has 1 heterocycles. The molecule has 7 nitrogen and oxygen atoms in total. The van der Waals surface area contributed by atoms with E-state index in [2.05, 4.69) is 10.3 Å². The number of anilines is 1. The van der Waals surface area contributed by atoms with Crippen molar-refractivity contribution in [2.75, 3.05) is 5.32 Å². The first-order chi connectivity index (χ1) is 9.81. The van der Waals surface area contributed by atoms with E-state index in [-0.39, 0.29) is 22.1 Å². The minimum atomic E-state index is -4.00. The van der Waals surface area contributed by atoms with Crippen LogP contribution in [-0.4, -0.2) is 19.3 Å². The van der Waals surface area contributed by atoms with Crippen molar-refractivity contribution in [3.8, 4) is 16.6 Å². The molecule has 3 N–H and O–H groups in total. The summed E-state index contributed by atoms with van der Waals surface area (Å²) < 4.78 is 23.4. The first kappa shape index (κ1) is 15.1. The fraction of sp³-hybridized carbons (Fsp3) is 0.0833. The predicted octanol–water partition coefficient (Wildman–Crippen LogP) is 1.29. The molecular formula is C12H10N4O3S2. The molecule has 1 aromatic carbocycles. The van der Waals surface area contributed by atoms with Crippen molar-refractivity contribution in [1.82, 2.24) is 4.98 Å². The second kappa shape index (κ2) is 5.61. The Balaban J connectivity index is 2.61. The van der Waals surface area contributed by atoms with Crippen molar-refractivity contribution in [2.45, 2.75) is 11.8 Å². The van der Waals surface area contributed by atoms with E-state index in [0.29, 0.717) is 10.7 Å². The number of amides is 1. The van der Waals surface area contributed by atoms with Gasteiger partial charge in [-0.1, -0.05) is 0 Å². The van der Waals surface area contributed by atoms with Crippen LogP contribution in [0.5, 0.6) is 0 Å². The second-order valence-corrected chi connectivity index (χ2v) is 6.47. The Labute approximate surface area is 125 Å². The van der Waals surface area contributed by atoms with Gasteiger partial charge in [-0.25, -0.2) is 18.5 Å². The minimum absolute atomic E-state index is 0.160. The zero-order valence-electron chi connectivity index (χ0n) is 10.8. The van der Waals surface area contributed by atoms with E-state index in [1.165, 1.54) is 24.4 Å². The number of aromatic nitrogens is 1. The van der Waals surface area contributed by atoms with Crippen LogP contribution in [0.25, 0.3) is 10.6 Å². The smallest absolute Gasteiger partial charge is 0.238 e. The lowest BCUT2D eigenvalue weighted by atomic mass is 10.2. The van der Waals surface area contributed by atoms with Crippen LogP contribution in [0.4, 0.5) is 5.69 Å². The van der Waals surface area contributed by atoms with Gasteiger partial charge in [-0.15, -0.1) is 11.3 Å². The Bertz CT molecular complexity index is 850. The second-order valence-electron chi connectivity index (χ2n) is 4.09. The Morgan fingerprint density at radius 2 is 2.19 bits per heavy atom. The molecule has 108 valence electrons. The van der Waals surface area contributed by atoms with Gasteiger partial charge in [0.2, 0.25) is 15.9 Å². The van der Waals surface area contributed by atoms with E-state index in [1.807, 2.05) is 6.07 Å². The number of nitriles is 1. The number of thiazole rings is 1. The van der Waals surface area contributed by atoms with Gasteiger partial charge in [0.15, 0.2) is 5.69 Å². The summed E-state index contributed by atoms with van der Waals surface area (Å²) in [6.07, 6.45) is 0. The fourth-order valence-electron chi connectivity index (χ4n) is 1.66. The summed E-state index contributed by atoms with van der Waals surface area (Å²) in [5.74, 6) is -0.330. The Hall–Kier alpha value is -2.28. The van der Waals surface area contributed by atoms with Gasteiger partial charge >= 0.3 is 0 Å². The van der Waals surface area contributed by atoms with Crippen molar-refractivity contribution < 1.29 is 13.2 Å². The van der Waals surface area contributed by atoms with E-state index in [4.69, 9.17) is 10.4 Å². The molecule has 1 aromatic heterocycles. The third kappa shape index (κ3) is 3.43. The maximum absolute atomic E-state index is 11.7. The molecule has 0 aliphatic rings. The lowest BCUT2D eigenvalue weighted by molar-refractivity contribution is -0.114. The van der Waals surface area contributed by atoms with Crippen molar-refractivity contribution in [3.05, 3.63) is 29.3 Å². The van der Waals surface area contributed by atoms with Crippen LogP contribution in [0.2, 0.25) is 0 Å².